The van der Waals surface area contributed by atoms with Crippen LogP contribution in [0.25, 0.3) is 0 Å². The summed E-state index contributed by atoms with van der Waals surface area (Å²) in [5.74, 6) is 0.00436. The minimum Gasteiger partial charge on any atom is -0.229 e. The Morgan fingerprint density at radius 2 is 1.89 bits per heavy atom. The maximum absolute atomic E-state index is 13.3. The van der Waals surface area contributed by atoms with Crippen LogP contribution in [0, 0.1) is 5.82 Å². The van der Waals surface area contributed by atoms with Gasteiger partial charge in [0.15, 0.2) is 0 Å². The predicted molar refractivity (Wildman–Crippen MR) is 78.5 cm³/mol. The van der Waals surface area contributed by atoms with Gasteiger partial charge < -0.3 is 0 Å². The number of alkyl halides is 2. The second kappa shape index (κ2) is 6.91. The minimum absolute atomic E-state index is 0.000542. The Hall–Kier alpha value is -0.320. The molecule has 0 aliphatic heterocycles. The molecule has 0 aliphatic rings. The molecule has 0 amide bonds. The van der Waals surface area contributed by atoms with Crippen molar-refractivity contribution in [1.82, 2.24) is 0 Å². The quantitative estimate of drug-likeness (QED) is 0.720. The van der Waals surface area contributed by atoms with E-state index in [0.717, 1.165) is 0 Å². The van der Waals surface area contributed by atoms with E-state index in [0.29, 0.717) is 12.0 Å². The first-order valence-corrected chi connectivity index (χ1v) is 8.86. The van der Waals surface area contributed by atoms with Crippen molar-refractivity contribution in [3.8, 4) is 0 Å². The van der Waals surface area contributed by atoms with E-state index in [9.17, 15) is 12.8 Å². The SMILES string of the molecule is CCS(=O)(=O)CCC(CCl)(CCl)c1cccc(F)c1. The summed E-state index contributed by atoms with van der Waals surface area (Å²) in [7, 11) is -3.10. The molecule has 0 spiro atoms. The van der Waals surface area contributed by atoms with Crippen LogP contribution >= 0.6 is 23.2 Å². The molecule has 0 radical (unpaired) electrons. The minimum atomic E-state index is -3.10. The highest BCUT2D eigenvalue weighted by atomic mass is 35.5. The molecule has 108 valence electrons. The lowest BCUT2D eigenvalue weighted by molar-refractivity contribution is 0.506. The van der Waals surface area contributed by atoms with Gasteiger partial charge in [0.2, 0.25) is 0 Å². The summed E-state index contributed by atoms with van der Waals surface area (Å²) in [6, 6.07) is 6.00. The number of hydrogen-bond donors (Lipinski definition) is 0. The van der Waals surface area contributed by atoms with Gasteiger partial charge in [-0.05, 0) is 24.1 Å². The van der Waals surface area contributed by atoms with Crippen LogP contribution in [-0.2, 0) is 15.3 Å². The fourth-order valence-electron chi connectivity index (χ4n) is 1.78. The number of rotatable bonds is 7. The molecule has 0 saturated carbocycles. The zero-order valence-corrected chi connectivity index (χ0v) is 13.0. The van der Waals surface area contributed by atoms with Gasteiger partial charge in [-0.2, -0.15) is 0 Å². The largest absolute Gasteiger partial charge is 0.229 e. The van der Waals surface area contributed by atoms with E-state index in [-0.39, 0.29) is 29.1 Å². The summed E-state index contributed by atoms with van der Waals surface area (Å²) in [5.41, 5.74) is -0.0724. The van der Waals surface area contributed by atoms with E-state index >= 15 is 0 Å². The maximum Gasteiger partial charge on any atom is 0.150 e. The summed E-state index contributed by atoms with van der Waals surface area (Å²) in [6.45, 7) is 1.60. The number of sulfone groups is 1. The molecule has 0 heterocycles. The zero-order chi connectivity index (χ0) is 14.5. The van der Waals surface area contributed by atoms with Gasteiger partial charge in [0.1, 0.15) is 15.7 Å². The molecule has 0 aromatic heterocycles. The average Bonchev–Trinajstić information content (AvgIpc) is 2.41. The first kappa shape index (κ1) is 16.7. The van der Waals surface area contributed by atoms with Crippen molar-refractivity contribution < 1.29 is 12.8 Å². The molecular formula is C13H17Cl2FO2S. The molecule has 19 heavy (non-hydrogen) atoms. The molecule has 6 heteroatoms. The molecule has 0 aliphatic carbocycles. The number of benzene rings is 1. The Labute approximate surface area is 123 Å². The Morgan fingerprint density at radius 3 is 2.37 bits per heavy atom. The lowest BCUT2D eigenvalue weighted by Gasteiger charge is -2.30. The van der Waals surface area contributed by atoms with Crippen LogP contribution < -0.4 is 0 Å². The molecule has 0 saturated heterocycles. The van der Waals surface area contributed by atoms with Gasteiger partial charge in [0.25, 0.3) is 0 Å². The van der Waals surface area contributed by atoms with Crippen LogP contribution in [0.3, 0.4) is 0 Å². The Morgan fingerprint density at radius 1 is 1.26 bits per heavy atom. The Balaban J connectivity index is 3.04. The number of hydrogen-bond acceptors (Lipinski definition) is 2. The number of halogens is 3. The molecular weight excluding hydrogens is 310 g/mol. The van der Waals surface area contributed by atoms with E-state index in [1.54, 1.807) is 19.1 Å². The topological polar surface area (TPSA) is 34.1 Å². The van der Waals surface area contributed by atoms with Crippen molar-refractivity contribution in [1.29, 1.82) is 0 Å². The van der Waals surface area contributed by atoms with Crippen LogP contribution in [-0.4, -0.2) is 31.7 Å². The van der Waals surface area contributed by atoms with Gasteiger partial charge >= 0.3 is 0 Å². The maximum atomic E-state index is 13.3. The standard InChI is InChI=1S/C13H17Cl2FO2S/c1-2-19(17,18)7-6-13(9-14,10-15)11-4-3-5-12(16)8-11/h3-5,8H,2,6-7,9-10H2,1H3. The third kappa shape index (κ3) is 4.33. The van der Waals surface area contributed by atoms with Crippen molar-refractivity contribution in [3.63, 3.8) is 0 Å². The van der Waals surface area contributed by atoms with Crippen LogP contribution in [0.4, 0.5) is 4.39 Å². The molecule has 1 aromatic rings. The normalized spacial score (nSPS) is 12.6. The van der Waals surface area contributed by atoms with Gasteiger partial charge in [0.05, 0.1) is 5.75 Å². The summed E-state index contributed by atoms with van der Waals surface area (Å²) in [4.78, 5) is 0. The molecule has 1 aromatic carbocycles. The van der Waals surface area contributed by atoms with Gasteiger partial charge in [0, 0.05) is 22.9 Å². The smallest absolute Gasteiger partial charge is 0.150 e. The highest BCUT2D eigenvalue weighted by Gasteiger charge is 2.32. The first-order chi connectivity index (χ1) is 8.89. The Kier molecular flexibility index (Phi) is 6.09. The Bertz CT molecular complexity index is 513. The summed E-state index contributed by atoms with van der Waals surface area (Å²) < 4.78 is 36.5. The molecule has 1 rings (SSSR count). The summed E-state index contributed by atoms with van der Waals surface area (Å²) in [5, 5.41) is 0. The third-order valence-electron chi connectivity index (χ3n) is 3.28. The van der Waals surface area contributed by atoms with E-state index < -0.39 is 15.3 Å². The van der Waals surface area contributed by atoms with E-state index in [2.05, 4.69) is 0 Å². The molecule has 0 fully saturated rings. The van der Waals surface area contributed by atoms with Gasteiger partial charge in [-0.3, -0.25) is 0 Å². The molecule has 0 N–H and O–H groups in total. The van der Waals surface area contributed by atoms with Crippen molar-refractivity contribution in [3.05, 3.63) is 35.6 Å². The van der Waals surface area contributed by atoms with Gasteiger partial charge in [-0.25, -0.2) is 12.8 Å². The highest BCUT2D eigenvalue weighted by Crippen LogP contribution is 2.32. The fourth-order valence-corrected chi connectivity index (χ4v) is 3.63. The summed E-state index contributed by atoms with van der Waals surface area (Å²) >= 11 is 12.0. The third-order valence-corrected chi connectivity index (χ3v) is 6.01. The molecule has 0 unspecified atom stereocenters. The average molecular weight is 327 g/mol. The summed E-state index contributed by atoms with van der Waals surface area (Å²) in [6.07, 6.45) is 0.291. The predicted octanol–water partition coefficient (Wildman–Crippen LogP) is 3.37. The van der Waals surface area contributed by atoms with Crippen LogP contribution in [0.15, 0.2) is 24.3 Å². The van der Waals surface area contributed by atoms with Gasteiger partial charge in [-0.15, -0.1) is 23.2 Å². The fraction of sp³-hybridized carbons (Fsp3) is 0.538. The van der Waals surface area contributed by atoms with E-state index in [1.165, 1.54) is 12.1 Å². The van der Waals surface area contributed by atoms with Crippen LogP contribution in [0.5, 0.6) is 0 Å². The monoisotopic (exact) mass is 326 g/mol. The van der Waals surface area contributed by atoms with Gasteiger partial charge in [-0.1, -0.05) is 19.1 Å². The van der Waals surface area contributed by atoms with Crippen LogP contribution in [0.2, 0.25) is 0 Å². The second-order valence-corrected chi connectivity index (χ2v) is 7.55. The molecule has 0 atom stereocenters. The van der Waals surface area contributed by atoms with E-state index in [4.69, 9.17) is 23.2 Å². The first-order valence-electron chi connectivity index (χ1n) is 5.97. The lowest BCUT2D eigenvalue weighted by Crippen LogP contribution is -2.33. The van der Waals surface area contributed by atoms with Crippen molar-refractivity contribution in [2.24, 2.45) is 0 Å². The molecule has 0 bridgehead atoms. The zero-order valence-electron chi connectivity index (χ0n) is 10.7. The second-order valence-electron chi connectivity index (χ2n) is 4.54. The van der Waals surface area contributed by atoms with Crippen molar-refractivity contribution >= 4 is 33.0 Å². The van der Waals surface area contributed by atoms with Crippen molar-refractivity contribution in [2.45, 2.75) is 18.8 Å². The lowest BCUT2D eigenvalue weighted by atomic mass is 9.81. The highest BCUT2D eigenvalue weighted by molar-refractivity contribution is 7.91. The van der Waals surface area contributed by atoms with Crippen molar-refractivity contribution in [2.75, 3.05) is 23.3 Å². The molecule has 2 nitrogen and oxygen atoms in total. The van der Waals surface area contributed by atoms with Crippen LogP contribution in [0.1, 0.15) is 18.9 Å². The van der Waals surface area contributed by atoms with E-state index in [1.807, 2.05) is 0 Å².